The number of carbonyl (C=O) groups excluding carboxylic acids is 1. The van der Waals surface area contributed by atoms with Gasteiger partial charge in [0.15, 0.2) is 0 Å². The van der Waals surface area contributed by atoms with Gasteiger partial charge in [0, 0.05) is 71.6 Å². The van der Waals surface area contributed by atoms with Crippen LogP contribution >= 0.6 is 23.2 Å². The summed E-state index contributed by atoms with van der Waals surface area (Å²) in [4.78, 5) is 35.4. The van der Waals surface area contributed by atoms with E-state index in [1.54, 1.807) is 18.1 Å². The molecule has 2 unspecified atom stereocenters. The Bertz CT molecular complexity index is 2240. The van der Waals surface area contributed by atoms with Crippen molar-refractivity contribution in [2.75, 3.05) is 30.0 Å². The van der Waals surface area contributed by atoms with Gasteiger partial charge in [-0.05, 0) is 88.4 Å². The lowest BCUT2D eigenvalue weighted by Crippen LogP contribution is -2.43. The summed E-state index contributed by atoms with van der Waals surface area (Å²) in [5.74, 6) is -0.100. The van der Waals surface area contributed by atoms with E-state index in [9.17, 15) is 9.90 Å². The van der Waals surface area contributed by atoms with E-state index < -0.39 is 12.0 Å². The summed E-state index contributed by atoms with van der Waals surface area (Å²) < 4.78 is 10.2. The summed E-state index contributed by atoms with van der Waals surface area (Å²) in [5.41, 5.74) is 9.49. The predicted molar refractivity (Wildman–Crippen MR) is 202 cm³/mol. The van der Waals surface area contributed by atoms with Crippen LogP contribution < -0.4 is 14.5 Å². The molecule has 0 fully saturated rings. The van der Waals surface area contributed by atoms with Crippen LogP contribution in [0, 0.1) is 27.7 Å². The van der Waals surface area contributed by atoms with Crippen LogP contribution in [0.3, 0.4) is 0 Å². The summed E-state index contributed by atoms with van der Waals surface area (Å²) in [7, 11) is 3.67. The number of likely N-dealkylation sites (N-methyl/N-ethyl adjacent to an activating group) is 1. The van der Waals surface area contributed by atoms with Crippen molar-refractivity contribution in [2.24, 2.45) is 7.05 Å². The second kappa shape index (κ2) is 12.9. The summed E-state index contributed by atoms with van der Waals surface area (Å²) in [6.45, 7) is 12.8. The number of pyridine rings is 1. The Morgan fingerprint density at radius 1 is 1.04 bits per heavy atom. The molecule has 0 spiro atoms. The number of aryl methyl sites for hydroxylation is 5. The smallest absolute Gasteiger partial charge is 0.326 e. The van der Waals surface area contributed by atoms with Crippen LogP contribution in [-0.2, 0) is 18.3 Å². The Morgan fingerprint density at radius 3 is 2.39 bits per heavy atom. The van der Waals surface area contributed by atoms with Gasteiger partial charge in [0.05, 0.1) is 28.5 Å². The number of ether oxygens (including phenoxy) is 1. The average Bonchev–Trinajstić information content (AvgIpc) is 3.65. The van der Waals surface area contributed by atoms with E-state index in [0.29, 0.717) is 48.2 Å². The Morgan fingerprint density at radius 2 is 1.75 bits per heavy atom. The van der Waals surface area contributed by atoms with E-state index in [1.165, 1.54) is 0 Å². The number of halogens is 2. The fourth-order valence-corrected chi connectivity index (χ4v) is 8.70. The van der Waals surface area contributed by atoms with Crippen LogP contribution in [-0.4, -0.2) is 62.6 Å². The molecule has 0 saturated carbocycles. The molecule has 0 radical (unpaired) electrons. The van der Waals surface area contributed by atoms with Crippen LogP contribution in [0.4, 0.5) is 11.5 Å². The monoisotopic (exact) mass is 728 g/mol. The zero-order chi connectivity index (χ0) is 36.6. The van der Waals surface area contributed by atoms with Crippen LogP contribution in [0.5, 0.6) is 5.75 Å². The molecule has 2 aliphatic heterocycles. The number of hydrogen-bond acceptors (Lipinski definition) is 6. The van der Waals surface area contributed by atoms with Crippen molar-refractivity contribution in [1.29, 1.82) is 0 Å². The van der Waals surface area contributed by atoms with Gasteiger partial charge < -0.3 is 24.2 Å². The number of aromatic nitrogens is 4. The predicted octanol–water partition coefficient (Wildman–Crippen LogP) is 8.22. The number of nitrogens with zero attached hydrogens (tertiary/aromatic N) is 6. The minimum absolute atomic E-state index is 0.145. The molecule has 0 bridgehead atoms. The maximum absolute atomic E-state index is 15.0. The van der Waals surface area contributed by atoms with Gasteiger partial charge >= 0.3 is 5.97 Å². The Balaban J connectivity index is 1.36. The highest BCUT2D eigenvalue weighted by molar-refractivity contribution is 6.35. The van der Waals surface area contributed by atoms with E-state index in [1.807, 2.05) is 81.6 Å². The van der Waals surface area contributed by atoms with Gasteiger partial charge in [-0.1, -0.05) is 36.2 Å². The molecule has 1 amide bonds. The fourth-order valence-electron chi connectivity index (χ4n) is 8.35. The number of amides is 1. The Labute approximate surface area is 307 Å². The fraction of sp³-hybridized carbons (Fsp3) is 0.385. The van der Waals surface area contributed by atoms with Crippen molar-refractivity contribution >= 4 is 57.5 Å². The first kappa shape index (κ1) is 34.9. The van der Waals surface area contributed by atoms with E-state index >= 15 is 4.79 Å². The third kappa shape index (κ3) is 5.46. The van der Waals surface area contributed by atoms with E-state index in [4.69, 9.17) is 33.0 Å². The highest BCUT2D eigenvalue weighted by Crippen LogP contribution is 2.48. The van der Waals surface area contributed by atoms with E-state index in [-0.39, 0.29) is 17.9 Å². The van der Waals surface area contributed by atoms with Crippen molar-refractivity contribution in [1.82, 2.24) is 19.3 Å². The molecule has 3 atom stereocenters. The lowest BCUT2D eigenvalue weighted by atomic mass is 9.95. The normalized spacial score (nSPS) is 18.5. The lowest BCUT2D eigenvalue weighted by Gasteiger charge is -2.35. The molecule has 2 aliphatic rings. The van der Waals surface area contributed by atoms with Gasteiger partial charge in [-0.3, -0.25) is 9.48 Å². The molecule has 0 saturated heterocycles. The third-order valence-corrected chi connectivity index (χ3v) is 11.6. The van der Waals surface area contributed by atoms with Gasteiger partial charge in [-0.25, -0.2) is 9.78 Å². The largest absolute Gasteiger partial charge is 0.494 e. The molecule has 10 nitrogen and oxygen atoms in total. The number of carboxylic acids is 1. The minimum atomic E-state index is -0.925. The van der Waals surface area contributed by atoms with Crippen molar-refractivity contribution in [3.05, 3.63) is 85.9 Å². The molecular formula is C39H42Cl2N6O4. The number of fused-ring (bicyclic) bond motifs is 4. The second-order valence-electron chi connectivity index (χ2n) is 14.0. The maximum atomic E-state index is 15.0. The molecule has 1 N–H and O–H groups in total. The van der Waals surface area contributed by atoms with Crippen molar-refractivity contribution < 1.29 is 19.4 Å². The molecule has 3 aromatic heterocycles. The highest BCUT2D eigenvalue weighted by atomic mass is 35.5. The number of carboxylic acid groups (broad SMARTS) is 1. The van der Waals surface area contributed by atoms with E-state index in [2.05, 4.69) is 16.5 Å². The van der Waals surface area contributed by atoms with Crippen molar-refractivity contribution in [3.8, 4) is 16.9 Å². The third-order valence-electron chi connectivity index (χ3n) is 10.7. The van der Waals surface area contributed by atoms with Crippen molar-refractivity contribution in [3.63, 3.8) is 0 Å². The number of benzene rings is 2. The number of aliphatic carboxylic acids is 1. The zero-order valence-electron chi connectivity index (χ0n) is 30.1. The molecule has 2 aromatic carbocycles. The number of rotatable bonds is 8. The number of hydrogen-bond donors (Lipinski definition) is 1. The molecular weight excluding hydrogens is 687 g/mol. The van der Waals surface area contributed by atoms with Gasteiger partial charge in [-0.15, -0.1) is 0 Å². The zero-order valence-corrected chi connectivity index (χ0v) is 31.6. The molecule has 7 rings (SSSR count). The molecule has 0 aliphatic carbocycles. The second-order valence-corrected chi connectivity index (χ2v) is 14.8. The van der Waals surface area contributed by atoms with Crippen LogP contribution in [0.2, 0.25) is 10.0 Å². The molecule has 51 heavy (non-hydrogen) atoms. The molecule has 5 heterocycles. The summed E-state index contributed by atoms with van der Waals surface area (Å²) in [6.07, 6.45) is 2.90. The van der Waals surface area contributed by atoms with Crippen LogP contribution in [0.15, 0.2) is 36.5 Å². The first-order valence-corrected chi connectivity index (χ1v) is 18.0. The van der Waals surface area contributed by atoms with Gasteiger partial charge in [0.25, 0.3) is 5.91 Å². The number of carbonyl (C=O) groups is 2. The SMILES string of the molecule is Cc1cc(OCCCc2c3n(c4c(-c5c(C)nn(C)c5C)c(Cl)ccc24)[C@H](C)CN(c2ccnc4c2C(C)C(C(=O)O)N4C)C3=O)cc(C)c1Cl. The molecule has 5 aromatic rings. The van der Waals surface area contributed by atoms with Crippen LogP contribution in [0.25, 0.3) is 22.0 Å². The maximum Gasteiger partial charge on any atom is 0.326 e. The van der Waals surface area contributed by atoms with Crippen molar-refractivity contribution in [2.45, 2.75) is 72.4 Å². The minimum Gasteiger partial charge on any atom is -0.494 e. The summed E-state index contributed by atoms with van der Waals surface area (Å²) in [6, 6.07) is 8.75. The van der Waals surface area contributed by atoms with Gasteiger partial charge in [0.2, 0.25) is 0 Å². The van der Waals surface area contributed by atoms with Crippen LogP contribution in [0.1, 0.15) is 76.4 Å². The quantitative estimate of drug-likeness (QED) is 0.161. The Hall–Kier alpha value is -4.54. The highest BCUT2D eigenvalue weighted by Gasteiger charge is 2.44. The summed E-state index contributed by atoms with van der Waals surface area (Å²) >= 11 is 13.5. The number of anilines is 2. The molecule has 266 valence electrons. The lowest BCUT2D eigenvalue weighted by molar-refractivity contribution is -0.138. The Kier molecular flexibility index (Phi) is 8.83. The topological polar surface area (TPSA) is 106 Å². The summed E-state index contributed by atoms with van der Waals surface area (Å²) in [5, 5.41) is 17.1. The van der Waals surface area contributed by atoms with E-state index in [0.717, 1.165) is 66.4 Å². The van der Waals surface area contributed by atoms with Gasteiger partial charge in [-0.2, -0.15) is 5.10 Å². The van der Waals surface area contributed by atoms with Gasteiger partial charge in [0.1, 0.15) is 23.3 Å². The standard InChI is InChI=1S/C39H42Cl2N6O4/c1-19-16-25(17-20(2)33(19)41)51-15-9-10-26-27-11-12-28(40)32(31-23(5)43-45(8)24(31)6)35(27)47-21(3)18-46(38(48)36(26)47)29-13-14-42-37-30(29)22(4)34(39(49)50)44(37)7/h11-14,16-17,21-22,34H,9-10,15,18H2,1-8H3,(H,49,50)/t21-,22?,34?/m1/s1. The first-order valence-electron chi connectivity index (χ1n) is 17.2. The first-order chi connectivity index (χ1) is 24.2. The average molecular weight is 730 g/mol. The molecule has 12 heteroatoms.